The fourth-order valence-electron chi connectivity index (χ4n) is 1.80. The molecular weight excluding hydrogens is 258 g/mol. The Hall–Kier alpha value is -2.44. The lowest BCUT2D eigenvalue weighted by molar-refractivity contribution is -0.384. The van der Waals surface area contributed by atoms with Crippen molar-refractivity contribution in [3.8, 4) is 5.82 Å². The molecule has 0 saturated carbocycles. The van der Waals surface area contributed by atoms with E-state index >= 15 is 0 Å². The van der Waals surface area contributed by atoms with Crippen LogP contribution in [0.15, 0.2) is 18.5 Å². The molecular formula is C13H17N5O2. The number of aromatic nitrogens is 3. The molecule has 0 aliphatic carbocycles. The number of anilines is 1. The van der Waals surface area contributed by atoms with Crippen molar-refractivity contribution in [1.82, 2.24) is 14.5 Å². The van der Waals surface area contributed by atoms with Crippen LogP contribution >= 0.6 is 0 Å². The van der Waals surface area contributed by atoms with Gasteiger partial charge in [0.05, 0.1) is 22.7 Å². The van der Waals surface area contributed by atoms with Crippen molar-refractivity contribution in [1.29, 1.82) is 0 Å². The molecule has 0 radical (unpaired) electrons. The first-order valence-electron chi connectivity index (χ1n) is 6.44. The molecule has 106 valence electrons. The monoisotopic (exact) mass is 275 g/mol. The zero-order valence-corrected chi connectivity index (χ0v) is 11.8. The number of hydrogen-bond donors (Lipinski definition) is 1. The number of nitrogens with zero attached hydrogens (tertiary/aromatic N) is 4. The summed E-state index contributed by atoms with van der Waals surface area (Å²) in [5, 5.41) is 14.1. The van der Waals surface area contributed by atoms with Crippen molar-refractivity contribution in [2.45, 2.75) is 27.2 Å². The van der Waals surface area contributed by atoms with Crippen molar-refractivity contribution in [3.05, 3.63) is 40.0 Å². The van der Waals surface area contributed by atoms with Gasteiger partial charge in [-0.15, -0.1) is 0 Å². The molecule has 0 unspecified atom stereocenters. The predicted molar refractivity (Wildman–Crippen MR) is 76.3 cm³/mol. The maximum Gasteiger partial charge on any atom is 0.276 e. The van der Waals surface area contributed by atoms with Crippen molar-refractivity contribution < 1.29 is 4.92 Å². The normalized spacial score (nSPS) is 10.6. The minimum Gasteiger partial charge on any atom is -0.370 e. The van der Waals surface area contributed by atoms with E-state index in [1.165, 1.54) is 12.1 Å². The van der Waals surface area contributed by atoms with Gasteiger partial charge >= 0.3 is 0 Å². The molecule has 7 heteroatoms. The molecule has 0 aliphatic rings. The molecule has 0 atom stereocenters. The zero-order valence-electron chi connectivity index (χ0n) is 11.8. The summed E-state index contributed by atoms with van der Waals surface area (Å²) in [6.45, 7) is 6.53. The molecule has 0 aliphatic heterocycles. The molecule has 2 rings (SSSR count). The van der Waals surface area contributed by atoms with Gasteiger partial charge in [0.2, 0.25) is 0 Å². The quantitative estimate of drug-likeness (QED) is 0.669. The second-order valence-electron chi connectivity index (χ2n) is 4.54. The van der Waals surface area contributed by atoms with E-state index in [0.29, 0.717) is 11.6 Å². The van der Waals surface area contributed by atoms with Crippen molar-refractivity contribution in [2.24, 2.45) is 0 Å². The summed E-state index contributed by atoms with van der Waals surface area (Å²) in [5.41, 5.74) is 1.81. The molecule has 0 aromatic carbocycles. The van der Waals surface area contributed by atoms with Gasteiger partial charge in [0.25, 0.3) is 5.69 Å². The number of imidazole rings is 1. The van der Waals surface area contributed by atoms with E-state index in [1.807, 2.05) is 20.8 Å². The van der Waals surface area contributed by atoms with Crippen molar-refractivity contribution in [3.63, 3.8) is 0 Å². The molecule has 2 heterocycles. The van der Waals surface area contributed by atoms with Crippen LogP contribution in [-0.4, -0.2) is 26.0 Å². The van der Waals surface area contributed by atoms with E-state index in [0.717, 1.165) is 24.4 Å². The minimum atomic E-state index is -0.415. The average Bonchev–Trinajstić information content (AvgIpc) is 2.76. The lowest BCUT2D eigenvalue weighted by Crippen LogP contribution is -2.06. The first-order chi connectivity index (χ1) is 9.52. The van der Waals surface area contributed by atoms with Gasteiger partial charge in [-0.3, -0.25) is 14.7 Å². The fraction of sp³-hybridized carbons (Fsp3) is 0.385. The van der Waals surface area contributed by atoms with Crippen LogP contribution in [0.25, 0.3) is 5.82 Å². The Morgan fingerprint density at radius 2 is 2.15 bits per heavy atom. The lowest BCUT2D eigenvalue weighted by Gasteiger charge is -2.08. The minimum absolute atomic E-state index is 0.0133. The fourth-order valence-corrected chi connectivity index (χ4v) is 1.80. The van der Waals surface area contributed by atoms with Crippen LogP contribution in [0.3, 0.4) is 0 Å². The summed E-state index contributed by atoms with van der Waals surface area (Å²) in [5.74, 6) is 0.998. The summed E-state index contributed by atoms with van der Waals surface area (Å²) in [6.07, 6.45) is 2.54. The number of rotatable bonds is 5. The van der Waals surface area contributed by atoms with Crippen LogP contribution in [0, 0.1) is 24.0 Å². The molecule has 1 N–H and O–H groups in total. The average molecular weight is 275 g/mol. The SMILES string of the molecule is CCCNc1cc([N+](=O)[O-])cc(-n2cnc(C)c2C)n1. The van der Waals surface area contributed by atoms with Gasteiger partial charge in [0.1, 0.15) is 18.0 Å². The van der Waals surface area contributed by atoms with E-state index in [1.54, 1.807) is 10.9 Å². The predicted octanol–water partition coefficient (Wildman–Crippen LogP) is 2.61. The first-order valence-corrected chi connectivity index (χ1v) is 6.44. The zero-order chi connectivity index (χ0) is 14.7. The summed E-state index contributed by atoms with van der Waals surface area (Å²) < 4.78 is 1.75. The number of nitrogens with one attached hydrogen (secondary N) is 1. The Morgan fingerprint density at radius 1 is 1.40 bits per heavy atom. The van der Waals surface area contributed by atoms with E-state index in [4.69, 9.17) is 0 Å². The van der Waals surface area contributed by atoms with Gasteiger partial charge in [-0.25, -0.2) is 9.97 Å². The molecule has 0 spiro atoms. The maximum atomic E-state index is 11.0. The Kier molecular flexibility index (Phi) is 3.97. The van der Waals surface area contributed by atoms with Crippen LogP contribution < -0.4 is 5.32 Å². The van der Waals surface area contributed by atoms with Crippen LogP contribution in [0.4, 0.5) is 11.5 Å². The Labute approximate surface area is 116 Å². The Bertz CT molecular complexity index is 636. The standard InChI is InChI=1S/C13H17N5O2/c1-4-5-14-12-6-11(18(19)20)7-13(16-12)17-8-15-9(2)10(17)3/h6-8H,4-5H2,1-3H3,(H,14,16). The first kappa shape index (κ1) is 14.0. The molecule has 20 heavy (non-hydrogen) atoms. The molecule has 0 bridgehead atoms. The van der Waals surface area contributed by atoms with E-state index in [2.05, 4.69) is 15.3 Å². The highest BCUT2D eigenvalue weighted by molar-refractivity contribution is 5.51. The Morgan fingerprint density at radius 3 is 2.70 bits per heavy atom. The van der Waals surface area contributed by atoms with Crippen LogP contribution in [-0.2, 0) is 0 Å². The summed E-state index contributed by atoms with van der Waals surface area (Å²) in [4.78, 5) is 19.2. The van der Waals surface area contributed by atoms with Crippen molar-refractivity contribution >= 4 is 11.5 Å². The van der Waals surface area contributed by atoms with Gasteiger partial charge in [-0.2, -0.15) is 0 Å². The van der Waals surface area contributed by atoms with Gasteiger partial charge in [-0.1, -0.05) is 6.92 Å². The summed E-state index contributed by atoms with van der Waals surface area (Å²) in [6, 6.07) is 2.89. The number of hydrogen-bond acceptors (Lipinski definition) is 5. The molecule has 0 amide bonds. The van der Waals surface area contributed by atoms with Crippen LogP contribution in [0.5, 0.6) is 0 Å². The molecule has 2 aromatic heterocycles. The molecule has 0 fully saturated rings. The second kappa shape index (κ2) is 5.68. The third-order valence-electron chi connectivity index (χ3n) is 3.06. The second-order valence-corrected chi connectivity index (χ2v) is 4.54. The lowest BCUT2D eigenvalue weighted by atomic mass is 10.3. The van der Waals surface area contributed by atoms with Gasteiger partial charge in [0.15, 0.2) is 0 Å². The third-order valence-corrected chi connectivity index (χ3v) is 3.06. The Balaban J connectivity index is 2.49. The maximum absolute atomic E-state index is 11.0. The summed E-state index contributed by atoms with van der Waals surface area (Å²) in [7, 11) is 0. The van der Waals surface area contributed by atoms with Crippen LogP contribution in [0.1, 0.15) is 24.7 Å². The molecule has 2 aromatic rings. The third kappa shape index (κ3) is 2.76. The van der Waals surface area contributed by atoms with Gasteiger partial charge < -0.3 is 5.32 Å². The number of pyridine rings is 1. The molecule has 7 nitrogen and oxygen atoms in total. The van der Waals surface area contributed by atoms with Gasteiger partial charge in [-0.05, 0) is 20.3 Å². The van der Waals surface area contributed by atoms with Crippen molar-refractivity contribution in [2.75, 3.05) is 11.9 Å². The van der Waals surface area contributed by atoms with Gasteiger partial charge in [0, 0.05) is 12.2 Å². The van der Waals surface area contributed by atoms with Crippen LogP contribution in [0.2, 0.25) is 0 Å². The number of aryl methyl sites for hydroxylation is 1. The smallest absolute Gasteiger partial charge is 0.276 e. The van der Waals surface area contributed by atoms with E-state index < -0.39 is 4.92 Å². The van der Waals surface area contributed by atoms with E-state index in [9.17, 15) is 10.1 Å². The number of nitro groups is 1. The summed E-state index contributed by atoms with van der Waals surface area (Å²) >= 11 is 0. The highest BCUT2D eigenvalue weighted by Crippen LogP contribution is 2.21. The molecule has 0 saturated heterocycles. The highest BCUT2D eigenvalue weighted by Gasteiger charge is 2.14. The highest BCUT2D eigenvalue weighted by atomic mass is 16.6. The largest absolute Gasteiger partial charge is 0.370 e. The topological polar surface area (TPSA) is 85.9 Å². The van der Waals surface area contributed by atoms with E-state index in [-0.39, 0.29) is 5.69 Å².